The first kappa shape index (κ1) is 17.7. The lowest BCUT2D eigenvalue weighted by molar-refractivity contribution is 0.481. The van der Waals surface area contributed by atoms with E-state index in [-0.39, 0.29) is 6.04 Å². The van der Waals surface area contributed by atoms with Crippen LogP contribution in [0.1, 0.15) is 49.7 Å². The van der Waals surface area contributed by atoms with Gasteiger partial charge in [0.15, 0.2) is 0 Å². The molecule has 1 aliphatic heterocycles. The minimum absolute atomic E-state index is 0.256. The Morgan fingerprint density at radius 3 is 2.71 bits per heavy atom. The molecule has 1 unspecified atom stereocenters. The molecule has 1 aliphatic rings. The number of hydrogen-bond acceptors (Lipinski definition) is 3. The Kier molecular flexibility index (Phi) is 5.21. The van der Waals surface area contributed by atoms with Crippen LogP contribution in [0.4, 0.5) is 5.82 Å². The number of pyridine rings is 1. The summed E-state index contributed by atoms with van der Waals surface area (Å²) < 4.78 is 2.99. The van der Waals surface area contributed by atoms with Gasteiger partial charge in [0.25, 0.3) is 0 Å². The van der Waals surface area contributed by atoms with Crippen molar-refractivity contribution < 1.29 is 0 Å². The first-order chi connectivity index (χ1) is 11.4. The van der Waals surface area contributed by atoms with E-state index in [0.29, 0.717) is 5.92 Å². The first-order valence-corrected chi connectivity index (χ1v) is 9.68. The largest absolute Gasteiger partial charge is 0.349 e. The van der Waals surface area contributed by atoms with E-state index in [1.807, 2.05) is 11.6 Å². The SMILES string of the molecule is Cc1nc(N2CCCC2c2c(C)nn(CC(C)C)c2Cl)ccc1Br. The second kappa shape index (κ2) is 7.04. The Bertz CT molecular complexity index is 741. The van der Waals surface area contributed by atoms with Crippen molar-refractivity contribution in [3.05, 3.63) is 38.7 Å². The number of aryl methyl sites for hydroxylation is 2. The van der Waals surface area contributed by atoms with Crippen LogP contribution in [-0.4, -0.2) is 21.3 Å². The van der Waals surface area contributed by atoms with E-state index in [1.54, 1.807) is 0 Å². The van der Waals surface area contributed by atoms with Crippen molar-refractivity contribution in [2.45, 2.75) is 53.1 Å². The van der Waals surface area contributed by atoms with Crippen LogP contribution in [0.3, 0.4) is 0 Å². The van der Waals surface area contributed by atoms with E-state index in [4.69, 9.17) is 16.6 Å². The maximum atomic E-state index is 6.71. The zero-order valence-corrected chi connectivity index (χ0v) is 17.0. The van der Waals surface area contributed by atoms with Crippen LogP contribution in [0.5, 0.6) is 0 Å². The topological polar surface area (TPSA) is 34.0 Å². The lowest BCUT2D eigenvalue weighted by Crippen LogP contribution is -2.24. The molecule has 0 amide bonds. The second-order valence-electron chi connectivity index (χ2n) is 6.95. The highest BCUT2D eigenvalue weighted by Gasteiger charge is 2.32. The molecule has 0 aliphatic carbocycles. The van der Waals surface area contributed by atoms with E-state index in [1.165, 1.54) is 0 Å². The van der Waals surface area contributed by atoms with Gasteiger partial charge in [0.1, 0.15) is 11.0 Å². The van der Waals surface area contributed by atoms with Gasteiger partial charge >= 0.3 is 0 Å². The lowest BCUT2D eigenvalue weighted by Gasteiger charge is -2.26. The zero-order valence-electron chi connectivity index (χ0n) is 14.7. The van der Waals surface area contributed by atoms with Crippen molar-refractivity contribution in [2.24, 2.45) is 5.92 Å². The molecule has 4 nitrogen and oxygen atoms in total. The maximum Gasteiger partial charge on any atom is 0.132 e. The van der Waals surface area contributed by atoms with Crippen molar-refractivity contribution in [1.29, 1.82) is 0 Å². The van der Waals surface area contributed by atoms with Gasteiger partial charge in [-0.25, -0.2) is 4.98 Å². The Hall–Kier alpha value is -1.07. The number of aromatic nitrogens is 3. The van der Waals surface area contributed by atoms with Crippen molar-refractivity contribution in [3.63, 3.8) is 0 Å². The van der Waals surface area contributed by atoms with Gasteiger partial charge in [-0.15, -0.1) is 0 Å². The Labute approximate surface area is 157 Å². The third-order valence-corrected chi connectivity index (χ3v) is 5.77. The summed E-state index contributed by atoms with van der Waals surface area (Å²) in [4.78, 5) is 7.12. The molecule has 24 heavy (non-hydrogen) atoms. The fourth-order valence-corrected chi connectivity index (χ4v) is 4.03. The molecule has 130 valence electrons. The molecule has 0 aromatic carbocycles. The number of anilines is 1. The van der Waals surface area contributed by atoms with Gasteiger partial charge in [-0.05, 0) is 60.7 Å². The van der Waals surface area contributed by atoms with Crippen LogP contribution < -0.4 is 4.90 Å². The van der Waals surface area contributed by atoms with Crippen molar-refractivity contribution >= 4 is 33.3 Å². The molecule has 2 aromatic heterocycles. The number of hydrogen-bond donors (Lipinski definition) is 0. The van der Waals surface area contributed by atoms with Gasteiger partial charge in [-0.3, -0.25) is 4.68 Å². The summed E-state index contributed by atoms with van der Waals surface area (Å²) >= 11 is 10.2. The van der Waals surface area contributed by atoms with E-state index in [9.17, 15) is 0 Å². The van der Waals surface area contributed by atoms with Crippen LogP contribution in [0, 0.1) is 19.8 Å². The third-order valence-electron chi connectivity index (χ3n) is 4.53. The van der Waals surface area contributed by atoms with Gasteiger partial charge in [0.2, 0.25) is 0 Å². The molecule has 0 spiro atoms. The maximum absolute atomic E-state index is 6.71. The molecule has 6 heteroatoms. The van der Waals surface area contributed by atoms with Gasteiger partial charge in [-0.1, -0.05) is 25.4 Å². The van der Waals surface area contributed by atoms with Crippen LogP contribution >= 0.6 is 27.5 Å². The van der Waals surface area contributed by atoms with Gasteiger partial charge < -0.3 is 4.90 Å². The Balaban J connectivity index is 1.96. The minimum atomic E-state index is 0.256. The number of nitrogens with zero attached hydrogens (tertiary/aromatic N) is 4. The fourth-order valence-electron chi connectivity index (χ4n) is 3.44. The molecule has 1 atom stereocenters. The minimum Gasteiger partial charge on any atom is -0.349 e. The normalized spacial score (nSPS) is 18.0. The quantitative estimate of drug-likeness (QED) is 0.684. The molecule has 0 radical (unpaired) electrons. The number of rotatable bonds is 4. The molecule has 1 fully saturated rings. The van der Waals surface area contributed by atoms with E-state index < -0.39 is 0 Å². The molecule has 0 saturated carbocycles. The fraction of sp³-hybridized carbons (Fsp3) is 0.556. The monoisotopic (exact) mass is 410 g/mol. The molecule has 3 rings (SSSR count). The molecule has 0 N–H and O–H groups in total. The molecule has 2 aromatic rings. The average Bonchev–Trinajstić information content (AvgIpc) is 3.07. The Morgan fingerprint density at radius 2 is 2.04 bits per heavy atom. The van der Waals surface area contributed by atoms with E-state index >= 15 is 0 Å². The van der Waals surface area contributed by atoms with Crippen LogP contribution in [0.15, 0.2) is 16.6 Å². The summed E-state index contributed by atoms with van der Waals surface area (Å²) in [6.45, 7) is 10.3. The second-order valence-corrected chi connectivity index (χ2v) is 8.17. The number of halogens is 2. The highest BCUT2D eigenvalue weighted by atomic mass is 79.9. The van der Waals surface area contributed by atoms with E-state index in [0.717, 1.165) is 58.3 Å². The molecular formula is C18H24BrClN4. The zero-order chi connectivity index (χ0) is 17.4. The smallest absolute Gasteiger partial charge is 0.132 e. The van der Waals surface area contributed by atoms with Crippen molar-refractivity contribution in [1.82, 2.24) is 14.8 Å². The summed E-state index contributed by atoms with van der Waals surface area (Å²) in [5.41, 5.74) is 3.21. The summed E-state index contributed by atoms with van der Waals surface area (Å²) in [5.74, 6) is 1.54. The molecule has 1 saturated heterocycles. The highest BCUT2D eigenvalue weighted by Crippen LogP contribution is 2.40. The summed E-state index contributed by atoms with van der Waals surface area (Å²) in [5, 5.41) is 5.47. The molecule has 3 heterocycles. The van der Waals surface area contributed by atoms with Crippen LogP contribution in [0.2, 0.25) is 5.15 Å². The van der Waals surface area contributed by atoms with Gasteiger partial charge in [0.05, 0.1) is 17.4 Å². The van der Waals surface area contributed by atoms with Crippen molar-refractivity contribution in [2.75, 3.05) is 11.4 Å². The summed E-state index contributed by atoms with van der Waals surface area (Å²) in [6, 6.07) is 4.41. The first-order valence-electron chi connectivity index (χ1n) is 8.51. The summed E-state index contributed by atoms with van der Waals surface area (Å²) in [6.07, 6.45) is 2.23. The third kappa shape index (κ3) is 3.33. The van der Waals surface area contributed by atoms with Crippen LogP contribution in [0.25, 0.3) is 0 Å². The Morgan fingerprint density at radius 1 is 1.29 bits per heavy atom. The summed E-state index contributed by atoms with van der Waals surface area (Å²) in [7, 11) is 0. The van der Waals surface area contributed by atoms with E-state index in [2.05, 4.69) is 58.8 Å². The molecular weight excluding hydrogens is 388 g/mol. The highest BCUT2D eigenvalue weighted by molar-refractivity contribution is 9.10. The molecule has 0 bridgehead atoms. The average molecular weight is 412 g/mol. The predicted octanol–water partition coefficient (Wildman–Crippen LogP) is 5.31. The van der Waals surface area contributed by atoms with Crippen molar-refractivity contribution in [3.8, 4) is 0 Å². The standard InChI is InChI=1S/C18H24BrClN4/c1-11(2)10-24-18(20)17(13(4)22-24)15-6-5-9-23(15)16-8-7-14(19)12(3)21-16/h7-8,11,15H,5-6,9-10H2,1-4H3. The lowest BCUT2D eigenvalue weighted by atomic mass is 10.1. The van der Waals surface area contributed by atoms with Crippen LogP contribution in [-0.2, 0) is 6.54 Å². The van der Waals surface area contributed by atoms with Gasteiger partial charge in [0, 0.05) is 23.1 Å². The predicted molar refractivity (Wildman–Crippen MR) is 103 cm³/mol. The van der Waals surface area contributed by atoms with Gasteiger partial charge in [-0.2, -0.15) is 5.10 Å².